The summed E-state index contributed by atoms with van der Waals surface area (Å²) >= 11 is 0. The van der Waals surface area contributed by atoms with Crippen LogP contribution in [0.4, 0.5) is 0 Å². The molecule has 0 unspecified atom stereocenters. The van der Waals surface area contributed by atoms with Crippen LogP contribution in [0.15, 0.2) is 30.5 Å². The third-order valence-corrected chi connectivity index (χ3v) is 3.17. The van der Waals surface area contributed by atoms with E-state index in [1.165, 1.54) is 35.2 Å². The molecular weight excluding hydrogens is 184 g/mol. The van der Waals surface area contributed by atoms with E-state index >= 15 is 0 Å². The van der Waals surface area contributed by atoms with Crippen molar-refractivity contribution >= 4 is 0 Å². The normalized spacial score (nSPS) is 14.2. The highest BCUT2D eigenvalue weighted by Crippen LogP contribution is 2.29. The second-order valence-electron chi connectivity index (χ2n) is 4.15. The molecule has 1 aliphatic heterocycles. The molecule has 2 aromatic rings. The molecule has 2 nitrogen and oxygen atoms in total. The van der Waals surface area contributed by atoms with Gasteiger partial charge in [-0.3, -0.25) is 4.68 Å². The molecule has 0 saturated heterocycles. The summed E-state index contributed by atoms with van der Waals surface area (Å²) in [6.07, 6.45) is 4.42. The highest BCUT2D eigenvalue weighted by molar-refractivity contribution is 5.69. The maximum absolute atomic E-state index is 4.43. The summed E-state index contributed by atoms with van der Waals surface area (Å²) in [6, 6.07) is 8.53. The molecule has 0 amide bonds. The van der Waals surface area contributed by atoms with Crippen LogP contribution in [0.2, 0.25) is 0 Å². The average molecular weight is 198 g/mol. The highest BCUT2D eigenvalue weighted by Gasteiger charge is 2.17. The minimum Gasteiger partial charge on any atom is -0.269 e. The predicted molar refractivity (Wildman–Crippen MR) is 60.7 cm³/mol. The summed E-state index contributed by atoms with van der Waals surface area (Å²) < 4.78 is 2.14. The second kappa shape index (κ2) is 3.23. The predicted octanol–water partition coefficient (Wildman–Crippen LogP) is 2.80. The molecule has 0 bridgehead atoms. The van der Waals surface area contributed by atoms with E-state index in [0.717, 1.165) is 6.54 Å². The van der Waals surface area contributed by atoms with E-state index in [4.69, 9.17) is 0 Å². The Labute approximate surface area is 89.5 Å². The molecule has 2 heteroatoms. The van der Waals surface area contributed by atoms with E-state index in [2.05, 4.69) is 41.0 Å². The Kier molecular flexibility index (Phi) is 1.88. The fraction of sp³-hybridized carbons (Fsp3) is 0.308. The van der Waals surface area contributed by atoms with Gasteiger partial charge in [0.1, 0.15) is 0 Å². The first-order valence-corrected chi connectivity index (χ1v) is 5.47. The van der Waals surface area contributed by atoms with Crippen molar-refractivity contribution in [2.75, 3.05) is 0 Å². The van der Waals surface area contributed by atoms with Crippen LogP contribution in [0.5, 0.6) is 0 Å². The van der Waals surface area contributed by atoms with Crippen molar-refractivity contribution in [2.45, 2.75) is 26.3 Å². The molecule has 0 saturated carbocycles. The lowest BCUT2D eigenvalue weighted by atomic mass is 10.0. The molecule has 1 aromatic heterocycles. The molecule has 15 heavy (non-hydrogen) atoms. The number of aromatic nitrogens is 2. The first kappa shape index (κ1) is 8.72. The maximum Gasteiger partial charge on any atom is 0.0571 e. The number of rotatable bonds is 1. The molecule has 0 atom stereocenters. The molecule has 1 aliphatic rings. The van der Waals surface area contributed by atoms with Crippen LogP contribution in [0.1, 0.15) is 17.7 Å². The lowest BCUT2D eigenvalue weighted by Gasteiger charge is -2.04. The van der Waals surface area contributed by atoms with E-state index in [0.29, 0.717) is 0 Å². The fourth-order valence-corrected chi connectivity index (χ4v) is 2.36. The van der Waals surface area contributed by atoms with E-state index in [-0.39, 0.29) is 0 Å². The van der Waals surface area contributed by atoms with Gasteiger partial charge in [0.15, 0.2) is 0 Å². The SMILES string of the molecule is Cc1ccccc1-c1cnn2c1CCC2. The molecule has 3 rings (SSSR count). The van der Waals surface area contributed by atoms with Gasteiger partial charge in [0.25, 0.3) is 0 Å². The minimum atomic E-state index is 1.08. The lowest BCUT2D eigenvalue weighted by molar-refractivity contribution is 0.656. The van der Waals surface area contributed by atoms with Crippen LogP contribution < -0.4 is 0 Å². The number of fused-ring (bicyclic) bond motifs is 1. The monoisotopic (exact) mass is 198 g/mol. The van der Waals surface area contributed by atoms with Gasteiger partial charge in [-0.15, -0.1) is 0 Å². The highest BCUT2D eigenvalue weighted by atomic mass is 15.3. The van der Waals surface area contributed by atoms with Crippen LogP contribution in [0.25, 0.3) is 11.1 Å². The van der Waals surface area contributed by atoms with Crippen molar-refractivity contribution in [1.29, 1.82) is 0 Å². The zero-order valence-corrected chi connectivity index (χ0v) is 8.90. The third-order valence-electron chi connectivity index (χ3n) is 3.17. The molecule has 76 valence electrons. The van der Waals surface area contributed by atoms with Gasteiger partial charge in [-0.2, -0.15) is 5.10 Å². The van der Waals surface area contributed by atoms with Crippen LogP contribution in [0.3, 0.4) is 0 Å². The zero-order chi connectivity index (χ0) is 10.3. The van der Waals surface area contributed by atoms with Crippen molar-refractivity contribution in [3.8, 4) is 11.1 Å². The van der Waals surface area contributed by atoms with Crippen molar-refractivity contribution in [3.63, 3.8) is 0 Å². The quantitative estimate of drug-likeness (QED) is 0.689. The Morgan fingerprint density at radius 2 is 2.07 bits per heavy atom. The Bertz CT molecular complexity index is 497. The van der Waals surface area contributed by atoms with Crippen LogP contribution in [-0.4, -0.2) is 9.78 Å². The Morgan fingerprint density at radius 3 is 2.93 bits per heavy atom. The van der Waals surface area contributed by atoms with Crippen LogP contribution in [0, 0.1) is 6.92 Å². The van der Waals surface area contributed by atoms with Crippen LogP contribution >= 0.6 is 0 Å². The van der Waals surface area contributed by atoms with Gasteiger partial charge in [0, 0.05) is 17.8 Å². The molecule has 0 spiro atoms. The summed E-state index contributed by atoms with van der Waals surface area (Å²) in [5.74, 6) is 0. The Balaban J connectivity index is 2.17. The van der Waals surface area contributed by atoms with Crippen molar-refractivity contribution in [1.82, 2.24) is 9.78 Å². The van der Waals surface area contributed by atoms with E-state index in [1.54, 1.807) is 0 Å². The minimum absolute atomic E-state index is 1.08. The van der Waals surface area contributed by atoms with Gasteiger partial charge in [-0.1, -0.05) is 24.3 Å². The van der Waals surface area contributed by atoms with Crippen molar-refractivity contribution in [3.05, 3.63) is 41.7 Å². The second-order valence-corrected chi connectivity index (χ2v) is 4.15. The van der Waals surface area contributed by atoms with E-state index in [1.807, 2.05) is 6.20 Å². The van der Waals surface area contributed by atoms with Gasteiger partial charge < -0.3 is 0 Å². The van der Waals surface area contributed by atoms with Crippen molar-refractivity contribution in [2.24, 2.45) is 0 Å². The number of aryl methyl sites for hydroxylation is 2. The summed E-state index contributed by atoms with van der Waals surface area (Å²) in [5.41, 5.74) is 5.40. The molecule has 0 fully saturated rings. The average Bonchev–Trinajstić information content (AvgIpc) is 2.80. The Morgan fingerprint density at radius 1 is 1.20 bits per heavy atom. The lowest BCUT2D eigenvalue weighted by Crippen LogP contribution is -1.93. The fourth-order valence-electron chi connectivity index (χ4n) is 2.36. The van der Waals surface area contributed by atoms with Gasteiger partial charge in [-0.05, 0) is 30.9 Å². The molecule has 2 heterocycles. The first-order chi connectivity index (χ1) is 7.36. The van der Waals surface area contributed by atoms with Gasteiger partial charge in [0.05, 0.1) is 6.20 Å². The molecule has 0 aliphatic carbocycles. The topological polar surface area (TPSA) is 17.8 Å². The Hall–Kier alpha value is -1.57. The molecule has 0 N–H and O–H groups in total. The third kappa shape index (κ3) is 1.29. The number of benzene rings is 1. The summed E-state index contributed by atoms with van der Waals surface area (Å²) in [7, 11) is 0. The largest absolute Gasteiger partial charge is 0.269 e. The summed E-state index contributed by atoms with van der Waals surface area (Å²) in [4.78, 5) is 0. The first-order valence-electron chi connectivity index (χ1n) is 5.47. The smallest absolute Gasteiger partial charge is 0.0571 e. The maximum atomic E-state index is 4.43. The number of hydrogen-bond acceptors (Lipinski definition) is 1. The van der Waals surface area contributed by atoms with Gasteiger partial charge in [-0.25, -0.2) is 0 Å². The van der Waals surface area contributed by atoms with Gasteiger partial charge in [0.2, 0.25) is 0 Å². The van der Waals surface area contributed by atoms with E-state index < -0.39 is 0 Å². The number of nitrogens with zero attached hydrogens (tertiary/aromatic N) is 2. The van der Waals surface area contributed by atoms with E-state index in [9.17, 15) is 0 Å². The molecular formula is C13H14N2. The van der Waals surface area contributed by atoms with Crippen molar-refractivity contribution < 1.29 is 0 Å². The summed E-state index contributed by atoms with van der Waals surface area (Å²) in [6.45, 7) is 3.25. The van der Waals surface area contributed by atoms with Crippen LogP contribution in [-0.2, 0) is 13.0 Å². The number of hydrogen-bond donors (Lipinski definition) is 0. The zero-order valence-electron chi connectivity index (χ0n) is 8.90. The molecule has 1 aromatic carbocycles. The van der Waals surface area contributed by atoms with Gasteiger partial charge >= 0.3 is 0 Å². The standard InChI is InChI=1S/C13H14N2/c1-10-5-2-3-6-11(10)12-9-14-15-8-4-7-13(12)15/h2-3,5-6,9H,4,7-8H2,1H3. The summed E-state index contributed by atoms with van der Waals surface area (Å²) in [5, 5.41) is 4.43. The molecule has 0 radical (unpaired) electrons.